The summed E-state index contributed by atoms with van der Waals surface area (Å²) in [5.41, 5.74) is -0.312. The molecule has 1 aromatic carbocycles. The molecular formula is C8H6ClFO2. The van der Waals surface area contributed by atoms with Gasteiger partial charge in [0.1, 0.15) is 0 Å². The molecule has 64 valence electrons. The zero-order valence-electron chi connectivity index (χ0n) is 8.80. The topological polar surface area (TPSA) is 26.3 Å². The Morgan fingerprint density at radius 2 is 2.50 bits per heavy atom. The minimum atomic E-state index is -2.83. The van der Waals surface area contributed by atoms with Crippen LogP contribution >= 0.6 is 11.6 Å². The van der Waals surface area contributed by atoms with E-state index in [1.54, 1.807) is 0 Å². The van der Waals surface area contributed by atoms with Gasteiger partial charge in [-0.15, -0.1) is 0 Å². The lowest BCUT2D eigenvalue weighted by molar-refractivity contribution is 0.107. The molecule has 0 saturated carbocycles. The monoisotopic (exact) mass is 191 g/mol. The molecule has 0 aromatic heterocycles. The molecule has 0 unspecified atom stereocenters. The van der Waals surface area contributed by atoms with Gasteiger partial charge in [0.25, 0.3) is 5.24 Å². The van der Waals surface area contributed by atoms with Crippen molar-refractivity contribution in [1.82, 2.24) is 0 Å². The fourth-order valence-electron chi connectivity index (χ4n) is 0.767. The first-order valence-corrected chi connectivity index (χ1v) is 3.36. The number of rotatable bonds is 2. The summed E-state index contributed by atoms with van der Waals surface area (Å²) in [6, 6.07) is 3.39. The third-order valence-electron chi connectivity index (χ3n) is 1.28. The van der Waals surface area contributed by atoms with Crippen molar-refractivity contribution in [3.63, 3.8) is 0 Å². The Bertz CT molecular complexity index is 392. The predicted molar refractivity (Wildman–Crippen MR) is 43.1 cm³/mol. The van der Waals surface area contributed by atoms with E-state index in [1.165, 1.54) is 12.1 Å². The van der Waals surface area contributed by atoms with Crippen molar-refractivity contribution >= 4 is 16.8 Å². The maximum atomic E-state index is 13.2. The largest absolute Gasteiger partial charge is 0.493 e. The molecule has 0 saturated heterocycles. The summed E-state index contributed by atoms with van der Waals surface area (Å²) in [6.45, 7) is 0. The molecule has 0 atom stereocenters. The van der Waals surface area contributed by atoms with E-state index in [9.17, 15) is 9.18 Å². The van der Waals surface area contributed by atoms with E-state index in [1.807, 2.05) is 0 Å². The predicted octanol–water partition coefficient (Wildman–Crippen LogP) is 2.21. The van der Waals surface area contributed by atoms with Crippen molar-refractivity contribution in [2.75, 3.05) is 7.04 Å². The van der Waals surface area contributed by atoms with Gasteiger partial charge in [-0.2, -0.15) is 0 Å². The smallest absolute Gasteiger partial charge is 0.256 e. The first kappa shape index (κ1) is 5.54. The molecule has 2 nitrogen and oxygen atoms in total. The Kier molecular flexibility index (Phi) is 1.63. The van der Waals surface area contributed by atoms with Crippen LogP contribution in [-0.4, -0.2) is 12.3 Å². The molecule has 0 heterocycles. The molecule has 0 aliphatic carbocycles. The first-order valence-electron chi connectivity index (χ1n) is 4.48. The van der Waals surface area contributed by atoms with E-state index in [0.717, 1.165) is 6.07 Å². The van der Waals surface area contributed by atoms with Crippen LogP contribution < -0.4 is 4.74 Å². The summed E-state index contributed by atoms with van der Waals surface area (Å²) in [7, 11) is -2.83. The molecule has 12 heavy (non-hydrogen) atoms. The quantitative estimate of drug-likeness (QED) is 0.670. The van der Waals surface area contributed by atoms with Gasteiger partial charge in [-0.1, -0.05) is 6.07 Å². The molecule has 0 N–H and O–H groups in total. The number of para-hydroxylation sites is 1. The number of methoxy groups -OCH3 is 1. The molecule has 4 heteroatoms. The van der Waals surface area contributed by atoms with Crippen LogP contribution in [0, 0.1) is 5.82 Å². The molecule has 1 rings (SSSR count). The Morgan fingerprint density at radius 1 is 1.75 bits per heavy atom. The van der Waals surface area contributed by atoms with Crippen LogP contribution in [0.4, 0.5) is 4.39 Å². The minimum absolute atomic E-state index is 0.312. The van der Waals surface area contributed by atoms with Crippen molar-refractivity contribution in [2.24, 2.45) is 0 Å². The lowest BCUT2D eigenvalue weighted by atomic mass is 10.2. The van der Waals surface area contributed by atoms with E-state index in [0.29, 0.717) is 0 Å². The molecule has 0 radical (unpaired) electrons. The van der Waals surface area contributed by atoms with Crippen molar-refractivity contribution in [1.29, 1.82) is 0 Å². The van der Waals surface area contributed by atoms with Gasteiger partial charge in [-0.25, -0.2) is 4.39 Å². The Morgan fingerprint density at radius 3 is 3.08 bits per heavy atom. The van der Waals surface area contributed by atoms with Crippen molar-refractivity contribution in [3.05, 3.63) is 29.6 Å². The van der Waals surface area contributed by atoms with E-state index >= 15 is 0 Å². The number of benzene rings is 1. The lowest BCUT2D eigenvalue weighted by Crippen LogP contribution is -1.97. The maximum Gasteiger partial charge on any atom is 0.256 e. The molecule has 0 bridgehead atoms. The number of hydrogen-bond donors (Lipinski definition) is 0. The second kappa shape index (κ2) is 3.54. The zero-order chi connectivity index (χ0) is 11.6. The minimum Gasteiger partial charge on any atom is -0.493 e. The maximum absolute atomic E-state index is 13.2. The third-order valence-corrected chi connectivity index (χ3v) is 1.48. The van der Waals surface area contributed by atoms with Gasteiger partial charge >= 0.3 is 0 Å². The summed E-state index contributed by atoms with van der Waals surface area (Å²) < 4.78 is 37.9. The highest BCUT2D eigenvalue weighted by Gasteiger charge is 2.12. The van der Waals surface area contributed by atoms with Crippen molar-refractivity contribution in [2.45, 2.75) is 0 Å². The summed E-state index contributed by atoms with van der Waals surface area (Å²) in [6.07, 6.45) is 0. The van der Waals surface area contributed by atoms with Crippen molar-refractivity contribution < 1.29 is 18.0 Å². The van der Waals surface area contributed by atoms with Crippen LogP contribution in [0.3, 0.4) is 0 Å². The fourth-order valence-corrected chi connectivity index (χ4v) is 0.916. The van der Waals surface area contributed by atoms with Crippen LogP contribution in [0.2, 0.25) is 0 Å². The first-order chi connectivity index (χ1) is 6.81. The third kappa shape index (κ3) is 1.56. The number of hydrogen-bond acceptors (Lipinski definition) is 2. The number of carbonyl (C=O) groups is 1. The Hall–Kier alpha value is -1.09. The zero-order valence-corrected chi connectivity index (χ0v) is 6.56. The Labute approximate surface area is 78.1 Å². The van der Waals surface area contributed by atoms with Crippen LogP contribution in [0.25, 0.3) is 0 Å². The van der Waals surface area contributed by atoms with E-state index < -0.39 is 23.8 Å². The van der Waals surface area contributed by atoms with E-state index in [2.05, 4.69) is 4.74 Å². The van der Waals surface area contributed by atoms with Crippen LogP contribution in [0.5, 0.6) is 5.75 Å². The van der Waals surface area contributed by atoms with Gasteiger partial charge in [-0.05, 0) is 23.7 Å². The highest BCUT2D eigenvalue weighted by molar-refractivity contribution is 6.68. The molecule has 0 aliphatic heterocycles. The second-order valence-electron chi connectivity index (χ2n) is 1.99. The molecule has 0 aliphatic rings. The van der Waals surface area contributed by atoms with Gasteiger partial charge in [-0.3, -0.25) is 4.79 Å². The van der Waals surface area contributed by atoms with Gasteiger partial charge in [0.05, 0.1) is 16.7 Å². The average molecular weight is 192 g/mol. The molecular weight excluding hydrogens is 183 g/mol. The van der Waals surface area contributed by atoms with Crippen LogP contribution in [-0.2, 0) is 0 Å². The summed E-state index contributed by atoms with van der Waals surface area (Å²) >= 11 is 5.14. The molecule has 0 amide bonds. The number of ether oxygens (including phenoxy) is 1. The normalized spacial score (nSPS) is 14.3. The summed E-state index contributed by atoms with van der Waals surface area (Å²) in [4.78, 5) is 10.8. The summed E-state index contributed by atoms with van der Waals surface area (Å²) in [5, 5.41) is -0.978. The van der Waals surface area contributed by atoms with Crippen LogP contribution in [0.1, 0.15) is 14.5 Å². The second-order valence-corrected chi connectivity index (χ2v) is 2.34. The average Bonchev–Trinajstić information content (AvgIpc) is 2.05. The van der Waals surface area contributed by atoms with Gasteiger partial charge in [0.15, 0.2) is 11.6 Å². The lowest BCUT2D eigenvalue weighted by Gasteiger charge is -2.04. The van der Waals surface area contributed by atoms with Crippen molar-refractivity contribution in [3.8, 4) is 5.75 Å². The van der Waals surface area contributed by atoms with Gasteiger partial charge < -0.3 is 4.74 Å². The van der Waals surface area contributed by atoms with E-state index in [-0.39, 0.29) is 5.56 Å². The highest BCUT2D eigenvalue weighted by atomic mass is 35.5. The SMILES string of the molecule is [2H]C([2H])([2H])Oc1c(F)cccc1C(=O)Cl. The van der Waals surface area contributed by atoms with Gasteiger partial charge in [0.2, 0.25) is 0 Å². The molecule has 1 aromatic rings. The van der Waals surface area contributed by atoms with Crippen LogP contribution in [0.15, 0.2) is 18.2 Å². The fraction of sp³-hybridized carbons (Fsp3) is 0.125. The number of halogens is 2. The molecule has 0 fully saturated rings. The Balaban J connectivity index is 3.19. The molecule has 0 spiro atoms. The highest BCUT2D eigenvalue weighted by Crippen LogP contribution is 2.23. The summed E-state index contributed by atoms with van der Waals surface area (Å²) in [5.74, 6) is -1.60. The van der Waals surface area contributed by atoms with Gasteiger partial charge in [0, 0.05) is 0 Å². The number of carbonyl (C=O) groups excluding carboxylic acids is 1. The van der Waals surface area contributed by atoms with E-state index in [4.69, 9.17) is 15.7 Å². The standard InChI is InChI=1S/C8H6ClFO2/c1-12-7-5(8(9)11)3-2-4-6(7)10/h2-4H,1H3/i1D3.